The van der Waals surface area contributed by atoms with Gasteiger partial charge in [-0.15, -0.1) is 0 Å². The predicted molar refractivity (Wildman–Crippen MR) is 68.9 cm³/mol. The van der Waals surface area contributed by atoms with Crippen LogP contribution in [0.4, 0.5) is 0 Å². The van der Waals surface area contributed by atoms with Crippen LogP contribution in [-0.2, 0) is 11.3 Å². The van der Waals surface area contributed by atoms with E-state index in [1.807, 2.05) is 12.1 Å². The molecule has 0 amide bonds. The molecule has 3 nitrogen and oxygen atoms in total. The van der Waals surface area contributed by atoms with Gasteiger partial charge in [0.2, 0.25) is 0 Å². The molecule has 0 aliphatic rings. The molecule has 90 valence electrons. The zero-order chi connectivity index (χ0) is 12.0. The first-order chi connectivity index (χ1) is 7.67. The molecule has 4 heteroatoms. The molecule has 0 spiro atoms. The minimum atomic E-state index is 0.332. The second-order valence-electron chi connectivity index (χ2n) is 3.69. The van der Waals surface area contributed by atoms with E-state index < -0.39 is 0 Å². The smallest absolute Gasteiger partial charge is 0.124 e. The van der Waals surface area contributed by atoms with Gasteiger partial charge in [-0.05, 0) is 19.1 Å². The van der Waals surface area contributed by atoms with Crippen LogP contribution >= 0.6 is 15.9 Å². The standard InChI is InChI=1S/C12H18BrNO2/c1-9(8-15-2)14-7-10-4-5-11(13)6-12(10)16-3/h4-6,9,14H,7-8H2,1-3H3. The normalized spacial score (nSPS) is 12.5. The van der Waals surface area contributed by atoms with Gasteiger partial charge in [0.25, 0.3) is 0 Å². The number of rotatable bonds is 6. The summed E-state index contributed by atoms with van der Waals surface area (Å²) in [5, 5.41) is 3.37. The summed E-state index contributed by atoms with van der Waals surface area (Å²) >= 11 is 3.42. The van der Waals surface area contributed by atoms with E-state index in [0.717, 1.165) is 22.3 Å². The average molecular weight is 288 g/mol. The Morgan fingerprint density at radius 3 is 2.75 bits per heavy atom. The third-order valence-corrected chi connectivity index (χ3v) is 2.80. The summed E-state index contributed by atoms with van der Waals surface area (Å²) in [6.45, 7) is 3.58. The predicted octanol–water partition coefficient (Wildman–Crippen LogP) is 2.58. The van der Waals surface area contributed by atoms with E-state index in [4.69, 9.17) is 9.47 Å². The molecule has 16 heavy (non-hydrogen) atoms. The topological polar surface area (TPSA) is 30.5 Å². The van der Waals surface area contributed by atoms with Crippen LogP contribution in [0.25, 0.3) is 0 Å². The maximum Gasteiger partial charge on any atom is 0.124 e. The van der Waals surface area contributed by atoms with Gasteiger partial charge in [-0.3, -0.25) is 0 Å². The van der Waals surface area contributed by atoms with Crippen LogP contribution in [0.15, 0.2) is 22.7 Å². The minimum absolute atomic E-state index is 0.332. The van der Waals surface area contributed by atoms with Crippen LogP contribution in [0.5, 0.6) is 5.75 Å². The lowest BCUT2D eigenvalue weighted by atomic mass is 10.2. The van der Waals surface area contributed by atoms with E-state index in [1.165, 1.54) is 0 Å². The molecular weight excluding hydrogens is 270 g/mol. The van der Waals surface area contributed by atoms with Crippen molar-refractivity contribution in [1.29, 1.82) is 0 Å². The Labute approximate surface area is 105 Å². The first-order valence-corrected chi connectivity index (χ1v) is 6.01. The number of nitrogens with one attached hydrogen (secondary N) is 1. The Morgan fingerprint density at radius 2 is 2.12 bits per heavy atom. The van der Waals surface area contributed by atoms with Crippen molar-refractivity contribution >= 4 is 15.9 Å². The molecule has 0 saturated carbocycles. The Balaban J connectivity index is 2.59. The van der Waals surface area contributed by atoms with Gasteiger partial charge in [-0.25, -0.2) is 0 Å². The lowest BCUT2D eigenvalue weighted by Crippen LogP contribution is -2.29. The molecule has 1 N–H and O–H groups in total. The maximum atomic E-state index is 5.32. The summed E-state index contributed by atoms with van der Waals surface area (Å²) in [5.41, 5.74) is 1.15. The van der Waals surface area contributed by atoms with Gasteiger partial charge >= 0.3 is 0 Å². The third-order valence-electron chi connectivity index (χ3n) is 2.31. The largest absolute Gasteiger partial charge is 0.496 e. The molecule has 1 aromatic rings. The van der Waals surface area contributed by atoms with Crippen molar-refractivity contribution in [2.24, 2.45) is 0 Å². The molecule has 0 aromatic heterocycles. The van der Waals surface area contributed by atoms with E-state index in [-0.39, 0.29) is 0 Å². The van der Waals surface area contributed by atoms with Gasteiger partial charge < -0.3 is 14.8 Å². The summed E-state index contributed by atoms with van der Waals surface area (Å²) in [7, 11) is 3.39. The molecule has 0 aliphatic heterocycles. The van der Waals surface area contributed by atoms with E-state index in [2.05, 4.69) is 34.2 Å². The Bertz CT molecular complexity index is 331. The summed E-state index contributed by atoms with van der Waals surface area (Å²) in [6.07, 6.45) is 0. The van der Waals surface area contributed by atoms with Crippen molar-refractivity contribution in [2.45, 2.75) is 19.5 Å². The van der Waals surface area contributed by atoms with E-state index >= 15 is 0 Å². The van der Waals surface area contributed by atoms with Crippen molar-refractivity contribution in [1.82, 2.24) is 5.32 Å². The van der Waals surface area contributed by atoms with Crippen molar-refractivity contribution in [3.8, 4) is 5.75 Å². The molecular formula is C12H18BrNO2. The van der Waals surface area contributed by atoms with Crippen LogP contribution in [0, 0.1) is 0 Å². The lowest BCUT2D eigenvalue weighted by Gasteiger charge is -2.14. The van der Waals surface area contributed by atoms with Crippen molar-refractivity contribution in [3.63, 3.8) is 0 Å². The zero-order valence-corrected chi connectivity index (χ0v) is 11.5. The van der Waals surface area contributed by atoms with Crippen LogP contribution in [-0.4, -0.2) is 26.9 Å². The number of methoxy groups -OCH3 is 2. The first kappa shape index (κ1) is 13.5. The third kappa shape index (κ3) is 4.12. The van der Waals surface area contributed by atoms with Gasteiger partial charge in [-0.1, -0.05) is 22.0 Å². The zero-order valence-electron chi connectivity index (χ0n) is 9.92. The number of hydrogen-bond acceptors (Lipinski definition) is 3. The molecule has 0 saturated heterocycles. The number of hydrogen-bond donors (Lipinski definition) is 1. The maximum absolute atomic E-state index is 5.32. The first-order valence-electron chi connectivity index (χ1n) is 5.22. The van der Waals surface area contributed by atoms with Crippen molar-refractivity contribution in [2.75, 3.05) is 20.8 Å². The van der Waals surface area contributed by atoms with Crippen LogP contribution < -0.4 is 10.1 Å². The van der Waals surface area contributed by atoms with E-state index in [1.54, 1.807) is 14.2 Å². The van der Waals surface area contributed by atoms with E-state index in [9.17, 15) is 0 Å². The van der Waals surface area contributed by atoms with Crippen LogP contribution in [0.1, 0.15) is 12.5 Å². The molecule has 0 heterocycles. The molecule has 1 aromatic carbocycles. The van der Waals surface area contributed by atoms with Gasteiger partial charge in [0, 0.05) is 29.7 Å². The lowest BCUT2D eigenvalue weighted by molar-refractivity contribution is 0.171. The fourth-order valence-corrected chi connectivity index (χ4v) is 1.80. The number of ether oxygens (including phenoxy) is 2. The second-order valence-corrected chi connectivity index (χ2v) is 4.61. The molecule has 1 rings (SSSR count). The van der Waals surface area contributed by atoms with Gasteiger partial charge in [-0.2, -0.15) is 0 Å². The average Bonchev–Trinajstić information content (AvgIpc) is 2.27. The summed E-state index contributed by atoms with van der Waals surface area (Å²) in [6, 6.07) is 6.37. The fourth-order valence-electron chi connectivity index (χ4n) is 1.46. The van der Waals surface area contributed by atoms with E-state index in [0.29, 0.717) is 12.6 Å². The molecule has 0 fully saturated rings. The van der Waals surface area contributed by atoms with Crippen molar-refractivity contribution in [3.05, 3.63) is 28.2 Å². The Kier molecular flexibility index (Phi) is 5.80. The van der Waals surface area contributed by atoms with Crippen molar-refractivity contribution < 1.29 is 9.47 Å². The number of halogens is 1. The van der Waals surface area contributed by atoms with Crippen LogP contribution in [0.3, 0.4) is 0 Å². The van der Waals surface area contributed by atoms with Gasteiger partial charge in [0.15, 0.2) is 0 Å². The Morgan fingerprint density at radius 1 is 1.38 bits per heavy atom. The highest BCUT2D eigenvalue weighted by atomic mass is 79.9. The molecule has 0 bridgehead atoms. The molecule has 1 atom stereocenters. The SMILES string of the molecule is COCC(C)NCc1ccc(Br)cc1OC. The van der Waals surface area contributed by atoms with Gasteiger partial charge in [0.1, 0.15) is 5.75 Å². The molecule has 1 unspecified atom stereocenters. The second kappa shape index (κ2) is 6.89. The highest BCUT2D eigenvalue weighted by Crippen LogP contribution is 2.23. The van der Waals surface area contributed by atoms with Gasteiger partial charge in [0.05, 0.1) is 13.7 Å². The minimum Gasteiger partial charge on any atom is -0.496 e. The Hall–Kier alpha value is -0.580. The summed E-state index contributed by atoms with van der Waals surface area (Å²) in [4.78, 5) is 0. The van der Waals surface area contributed by atoms with Crippen LogP contribution in [0.2, 0.25) is 0 Å². The summed E-state index contributed by atoms with van der Waals surface area (Å²) < 4.78 is 11.4. The number of benzene rings is 1. The molecule has 0 radical (unpaired) electrons. The fraction of sp³-hybridized carbons (Fsp3) is 0.500. The quantitative estimate of drug-likeness (QED) is 0.872. The monoisotopic (exact) mass is 287 g/mol. The highest BCUT2D eigenvalue weighted by molar-refractivity contribution is 9.10. The highest BCUT2D eigenvalue weighted by Gasteiger charge is 2.05. The summed E-state index contributed by atoms with van der Waals surface area (Å²) in [5.74, 6) is 0.895. The molecule has 0 aliphatic carbocycles.